The van der Waals surface area contributed by atoms with Crippen LogP contribution in [0, 0.1) is 23.0 Å². The summed E-state index contributed by atoms with van der Waals surface area (Å²) in [4.78, 5) is 0. The van der Waals surface area contributed by atoms with E-state index in [1.165, 1.54) is 32.1 Å². The zero-order valence-electron chi connectivity index (χ0n) is 11.7. The van der Waals surface area contributed by atoms with Crippen molar-refractivity contribution < 1.29 is 4.65 Å². The zero-order valence-corrected chi connectivity index (χ0v) is 11.7. The molecule has 0 aromatic rings. The van der Waals surface area contributed by atoms with Gasteiger partial charge in [-0.1, -0.05) is 13.8 Å². The molecule has 100 valence electrons. The number of piperidine rings is 1. The Balaban J connectivity index is 1.77. The number of rotatable bonds is 3. The highest BCUT2D eigenvalue weighted by Crippen LogP contribution is 2.35. The molecule has 0 unspecified atom stereocenters. The van der Waals surface area contributed by atoms with Crippen molar-refractivity contribution in [3.05, 3.63) is 5.21 Å². The number of hydrogen-bond donors (Lipinski definition) is 0. The summed E-state index contributed by atoms with van der Waals surface area (Å²) in [5.41, 5.74) is 0. The zero-order chi connectivity index (χ0) is 12.3. The summed E-state index contributed by atoms with van der Waals surface area (Å²) in [7, 11) is 0. The fraction of sp³-hybridized carbons (Fsp3) is 1.00. The lowest BCUT2D eigenvalue weighted by atomic mass is 9.76. The third-order valence-corrected chi connectivity index (χ3v) is 5.06. The smallest absolute Gasteiger partial charge is 0.0812 e. The molecule has 0 radical (unpaired) electrons. The van der Waals surface area contributed by atoms with Crippen molar-refractivity contribution in [3.63, 3.8) is 0 Å². The van der Waals surface area contributed by atoms with Gasteiger partial charge in [-0.15, -0.1) is 0 Å². The predicted molar refractivity (Wildman–Crippen MR) is 72.4 cm³/mol. The van der Waals surface area contributed by atoms with Crippen molar-refractivity contribution in [3.8, 4) is 0 Å². The summed E-state index contributed by atoms with van der Waals surface area (Å²) >= 11 is 0. The molecule has 0 aromatic carbocycles. The van der Waals surface area contributed by atoms with E-state index in [1.807, 2.05) is 0 Å². The molecule has 0 N–H and O–H groups in total. The second-order valence-corrected chi connectivity index (χ2v) is 6.77. The summed E-state index contributed by atoms with van der Waals surface area (Å²) in [5.74, 6) is 2.48. The van der Waals surface area contributed by atoms with E-state index in [0.29, 0.717) is 0 Å². The fourth-order valence-corrected chi connectivity index (χ4v) is 3.78. The Hall–Kier alpha value is -0.0800. The summed E-state index contributed by atoms with van der Waals surface area (Å²) in [5, 5.41) is 12.5. The minimum absolute atomic E-state index is 0.136. The van der Waals surface area contributed by atoms with E-state index in [2.05, 4.69) is 13.8 Å². The highest BCUT2D eigenvalue weighted by molar-refractivity contribution is 4.75. The third kappa shape index (κ3) is 3.69. The lowest BCUT2D eigenvalue weighted by Gasteiger charge is -2.48. The van der Waals surface area contributed by atoms with Crippen molar-refractivity contribution >= 4 is 0 Å². The summed E-state index contributed by atoms with van der Waals surface area (Å²) in [6, 6.07) is 0. The van der Waals surface area contributed by atoms with Crippen LogP contribution in [-0.4, -0.2) is 24.3 Å². The van der Waals surface area contributed by atoms with Gasteiger partial charge in [0.1, 0.15) is 0 Å². The van der Waals surface area contributed by atoms with Gasteiger partial charge in [0.25, 0.3) is 0 Å². The second-order valence-electron chi connectivity index (χ2n) is 6.77. The Morgan fingerprint density at radius 3 is 2.12 bits per heavy atom. The number of hydroxylamine groups is 3. The van der Waals surface area contributed by atoms with E-state index >= 15 is 0 Å². The Morgan fingerprint density at radius 1 is 1.00 bits per heavy atom. The van der Waals surface area contributed by atoms with Crippen molar-refractivity contribution in [2.45, 2.75) is 58.8 Å². The van der Waals surface area contributed by atoms with Crippen LogP contribution in [0.25, 0.3) is 0 Å². The molecule has 0 spiro atoms. The maximum atomic E-state index is 12.5. The van der Waals surface area contributed by atoms with Gasteiger partial charge in [0, 0.05) is 5.92 Å². The Labute approximate surface area is 107 Å². The van der Waals surface area contributed by atoms with Crippen LogP contribution < -0.4 is 0 Å². The quantitative estimate of drug-likeness (QED) is 0.540. The molecule has 1 saturated carbocycles. The molecular formula is C15H29NO. The molecule has 0 atom stereocenters. The predicted octanol–water partition coefficient (Wildman–Crippen LogP) is 3.95. The van der Waals surface area contributed by atoms with Crippen LogP contribution in [0.5, 0.6) is 0 Å². The molecule has 2 fully saturated rings. The Kier molecular flexibility index (Phi) is 4.48. The van der Waals surface area contributed by atoms with Gasteiger partial charge >= 0.3 is 0 Å². The van der Waals surface area contributed by atoms with E-state index < -0.39 is 0 Å². The minimum atomic E-state index is 0.136. The topological polar surface area (TPSA) is 23.1 Å². The third-order valence-electron chi connectivity index (χ3n) is 5.06. The van der Waals surface area contributed by atoms with E-state index in [4.69, 9.17) is 0 Å². The average molecular weight is 239 g/mol. The molecule has 1 heterocycles. The van der Waals surface area contributed by atoms with Crippen molar-refractivity contribution in [2.24, 2.45) is 17.8 Å². The summed E-state index contributed by atoms with van der Waals surface area (Å²) < 4.78 is 0.136. The number of hydrogen-bond acceptors (Lipinski definition) is 1. The first-order chi connectivity index (χ1) is 8.09. The molecule has 2 heteroatoms. The van der Waals surface area contributed by atoms with E-state index in [1.54, 1.807) is 0 Å². The van der Waals surface area contributed by atoms with E-state index in [0.717, 1.165) is 50.2 Å². The van der Waals surface area contributed by atoms with Crippen LogP contribution in [-0.2, 0) is 0 Å². The van der Waals surface area contributed by atoms with Gasteiger partial charge in [0.05, 0.1) is 19.6 Å². The molecule has 0 aromatic heterocycles. The van der Waals surface area contributed by atoms with Gasteiger partial charge < -0.3 is 9.85 Å². The van der Waals surface area contributed by atoms with Gasteiger partial charge in [-0.25, -0.2) is 0 Å². The monoisotopic (exact) mass is 239 g/mol. The molecule has 1 aliphatic heterocycles. The number of likely N-dealkylation sites (tertiary alicyclic amines) is 1. The van der Waals surface area contributed by atoms with E-state index in [-0.39, 0.29) is 4.65 Å². The normalized spacial score (nSPS) is 33.9. The molecular weight excluding hydrogens is 210 g/mol. The number of quaternary nitrogens is 1. The minimum Gasteiger partial charge on any atom is -0.633 e. The maximum Gasteiger partial charge on any atom is 0.0812 e. The van der Waals surface area contributed by atoms with Crippen LogP contribution >= 0.6 is 0 Å². The Morgan fingerprint density at radius 2 is 1.59 bits per heavy atom. The van der Waals surface area contributed by atoms with Crippen LogP contribution in [0.1, 0.15) is 58.8 Å². The van der Waals surface area contributed by atoms with Crippen LogP contribution in [0.2, 0.25) is 0 Å². The Bertz CT molecular complexity index is 225. The van der Waals surface area contributed by atoms with Gasteiger partial charge in [0.15, 0.2) is 0 Å². The number of nitrogens with zero attached hydrogens (tertiary/aromatic N) is 1. The van der Waals surface area contributed by atoms with Gasteiger partial charge in [-0.3, -0.25) is 0 Å². The first-order valence-electron chi connectivity index (χ1n) is 7.66. The van der Waals surface area contributed by atoms with Gasteiger partial charge in [0.2, 0.25) is 0 Å². The molecule has 1 aliphatic carbocycles. The SMILES string of the molecule is CC(C)C1CCC(C[N+]2([O-])CCCCC2)CC1. The van der Waals surface area contributed by atoms with Crippen molar-refractivity contribution in [1.29, 1.82) is 0 Å². The van der Waals surface area contributed by atoms with Crippen LogP contribution in [0.15, 0.2) is 0 Å². The molecule has 17 heavy (non-hydrogen) atoms. The van der Waals surface area contributed by atoms with Gasteiger partial charge in [-0.2, -0.15) is 0 Å². The lowest BCUT2D eigenvalue weighted by molar-refractivity contribution is -0.889. The second kappa shape index (κ2) is 5.71. The largest absolute Gasteiger partial charge is 0.633 e. The van der Waals surface area contributed by atoms with E-state index in [9.17, 15) is 5.21 Å². The standard InChI is InChI=1S/C15H29NO/c1-13(2)15-8-6-14(7-9-15)12-16(17)10-4-3-5-11-16/h13-15H,3-12H2,1-2H3. The van der Waals surface area contributed by atoms with Gasteiger partial charge in [-0.05, 0) is 56.8 Å². The first kappa shape index (κ1) is 13.4. The van der Waals surface area contributed by atoms with Crippen LogP contribution in [0.4, 0.5) is 0 Å². The highest BCUT2D eigenvalue weighted by Gasteiger charge is 2.29. The average Bonchev–Trinajstić information content (AvgIpc) is 2.30. The fourth-order valence-electron chi connectivity index (χ4n) is 3.78. The van der Waals surface area contributed by atoms with Crippen LogP contribution in [0.3, 0.4) is 0 Å². The molecule has 2 nitrogen and oxygen atoms in total. The molecule has 0 bridgehead atoms. The highest BCUT2D eigenvalue weighted by atomic mass is 16.5. The molecule has 1 saturated heterocycles. The summed E-state index contributed by atoms with van der Waals surface area (Å²) in [6.07, 6.45) is 8.94. The van der Waals surface area contributed by atoms with Crippen molar-refractivity contribution in [2.75, 3.05) is 19.6 Å². The first-order valence-corrected chi connectivity index (χ1v) is 7.66. The summed E-state index contributed by atoms with van der Waals surface area (Å²) in [6.45, 7) is 7.40. The molecule has 2 aliphatic rings. The van der Waals surface area contributed by atoms with Crippen molar-refractivity contribution in [1.82, 2.24) is 0 Å². The molecule has 0 amide bonds. The maximum absolute atomic E-state index is 12.5. The molecule has 2 rings (SSSR count). The lowest BCUT2D eigenvalue weighted by Crippen LogP contribution is -2.49.